The van der Waals surface area contributed by atoms with Gasteiger partial charge in [-0.3, -0.25) is 9.36 Å². The van der Waals surface area contributed by atoms with Gasteiger partial charge in [-0.2, -0.15) is 5.26 Å². The zero-order chi connectivity index (χ0) is 22.7. The van der Waals surface area contributed by atoms with Crippen molar-refractivity contribution in [1.29, 1.82) is 5.26 Å². The van der Waals surface area contributed by atoms with E-state index in [9.17, 15) is 10.1 Å². The average Bonchev–Trinajstić information content (AvgIpc) is 3.48. The van der Waals surface area contributed by atoms with Crippen LogP contribution in [0.4, 0.5) is 0 Å². The molecule has 0 amide bonds. The number of hydrogen-bond donors (Lipinski definition) is 0. The molecule has 6 nitrogen and oxygen atoms in total. The molecule has 3 heterocycles. The summed E-state index contributed by atoms with van der Waals surface area (Å²) in [6, 6.07) is 12.0. The van der Waals surface area contributed by atoms with Gasteiger partial charge in [0.15, 0.2) is 16.7 Å². The molecule has 0 bridgehead atoms. The molecule has 3 aromatic heterocycles. The highest BCUT2D eigenvalue weighted by Crippen LogP contribution is 2.35. The molecule has 164 valence electrons. The van der Waals surface area contributed by atoms with Crippen LogP contribution in [0.3, 0.4) is 0 Å². The second-order valence-electron chi connectivity index (χ2n) is 6.99. The number of aryl methyl sites for hydroxylation is 1. The largest absolute Gasteiger partial charge is 0.493 e. The number of methoxy groups -OCH3 is 2. The Kier molecular flexibility index (Phi) is 6.84. The second kappa shape index (κ2) is 9.77. The standard InChI is InChI=1S/C23H21N3O3S3/c1-14(12-24)32-23-25-21-20(16(13-31-21)19-5-4-10-30-19)22(27)26(23)9-8-15-6-7-17(28-2)18(11-15)29-3/h4-7,10-11,13-14H,8-9H2,1-3H3. The topological polar surface area (TPSA) is 77.1 Å². The van der Waals surface area contributed by atoms with Gasteiger partial charge in [-0.05, 0) is 42.5 Å². The van der Waals surface area contributed by atoms with Crippen LogP contribution in [0.1, 0.15) is 12.5 Å². The van der Waals surface area contributed by atoms with Crippen LogP contribution >= 0.6 is 34.4 Å². The first kappa shape index (κ1) is 22.4. The summed E-state index contributed by atoms with van der Waals surface area (Å²) in [6.45, 7) is 2.25. The molecule has 0 spiro atoms. The molecule has 0 aliphatic carbocycles. The van der Waals surface area contributed by atoms with Crippen molar-refractivity contribution in [3.63, 3.8) is 0 Å². The summed E-state index contributed by atoms with van der Waals surface area (Å²) >= 11 is 4.38. The van der Waals surface area contributed by atoms with E-state index in [1.54, 1.807) is 30.1 Å². The van der Waals surface area contributed by atoms with Gasteiger partial charge in [0.2, 0.25) is 0 Å². The van der Waals surface area contributed by atoms with Crippen LogP contribution in [-0.4, -0.2) is 29.0 Å². The lowest BCUT2D eigenvalue weighted by molar-refractivity contribution is 0.354. The molecule has 0 N–H and O–H groups in total. The lowest BCUT2D eigenvalue weighted by Crippen LogP contribution is -2.24. The third-order valence-corrected chi connectivity index (χ3v) is 7.74. The van der Waals surface area contributed by atoms with Crippen molar-refractivity contribution >= 4 is 44.7 Å². The molecule has 0 saturated carbocycles. The summed E-state index contributed by atoms with van der Waals surface area (Å²) < 4.78 is 12.4. The zero-order valence-corrected chi connectivity index (χ0v) is 20.3. The smallest absolute Gasteiger partial charge is 0.263 e. The van der Waals surface area contributed by atoms with Gasteiger partial charge in [-0.1, -0.05) is 23.9 Å². The van der Waals surface area contributed by atoms with Gasteiger partial charge in [-0.25, -0.2) is 4.98 Å². The average molecular weight is 484 g/mol. The molecule has 0 saturated heterocycles. The van der Waals surface area contributed by atoms with Crippen LogP contribution in [0.25, 0.3) is 20.7 Å². The van der Waals surface area contributed by atoms with E-state index >= 15 is 0 Å². The molecule has 0 fully saturated rings. The van der Waals surface area contributed by atoms with Gasteiger partial charge in [0, 0.05) is 22.4 Å². The Morgan fingerprint density at radius 2 is 2.03 bits per heavy atom. The SMILES string of the molecule is COc1ccc(CCn2c(SC(C)C#N)nc3scc(-c4cccs4)c3c2=O)cc1OC. The number of rotatable bonds is 8. The van der Waals surface area contributed by atoms with Gasteiger partial charge in [0.1, 0.15) is 4.83 Å². The van der Waals surface area contributed by atoms with Crippen molar-refractivity contribution < 1.29 is 9.47 Å². The molecule has 0 aliphatic heterocycles. The predicted molar refractivity (Wildman–Crippen MR) is 131 cm³/mol. The highest BCUT2D eigenvalue weighted by Gasteiger charge is 2.19. The highest BCUT2D eigenvalue weighted by atomic mass is 32.2. The van der Waals surface area contributed by atoms with Crippen molar-refractivity contribution in [2.45, 2.75) is 30.3 Å². The Bertz CT molecular complexity index is 1340. The first-order valence-corrected chi connectivity index (χ1v) is 12.5. The fraction of sp³-hybridized carbons (Fsp3) is 0.261. The van der Waals surface area contributed by atoms with Gasteiger partial charge >= 0.3 is 0 Å². The number of hydrogen-bond acceptors (Lipinski definition) is 8. The van der Waals surface area contributed by atoms with E-state index in [-0.39, 0.29) is 10.8 Å². The molecular weight excluding hydrogens is 462 g/mol. The number of fused-ring (bicyclic) bond motifs is 1. The highest BCUT2D eigenvalue weighted by molar-refractivity contribution is 8.00. The van der Waals surface area contributed by atoms with E-state index in [0.717, 1.165) is 16.0 Å². The summed E-state index contributed by atoms with van der Waals surface area (Å²) in [6.07, 6.45) is 0.612. The van der Waals surface area contributed by atoms with Crippen molar-refractivity contribution in [1.82, 2.24) is 9.55 Å². The third kappa shape index (κ3) is 4.39. The summed E-state index contributed by atoms with van der Waals surface area (Å²) in [4.78, 5) is 20.2. The number of ether oxygens (including phenoxy) is 2. The molecule has 1 unspecified atom stereocenters. The van der Waals surface area contributed by atoms with Gasteiger partial charge in [0.25, 0.3) is 5.56 Å². The minimum Gasteiger partial charge on any atom is -0.493 e. The third-order valence-electron chi connectivity index (χ3n) is 4.98. The van der Waals surface area contributed by atoms with Crippen LogP contribution in [-0.2, 0) is 13.0 Å². The van der Waals surface area contributed by atoms with Crippen LogP contribution in [0.5, 0.6) is 11.5 Å². The number of thiophene rings is 2. The van der Waals surface area contributed by atoms with Gasteiger partial charge in [-0.15, -0.1) is 22.7 Å². The summed E-state index contributed by atoms with van der Waals surface area (Å²) in [5, 5.41) is 14.2. The maximum absolute atomic E-state index is 13.6. The Balaban J connectivity index is 1.76. The van der Waals surface area contributed by atoms with E-state index in [0.29, 0.717) is 39.8 Å². The Hall–Kier alpha value is -2.80. The van der Waals surface area contributed by atoms with Crippen molar-refractivity contribution in [3.8, 4) is 28.0 Å². The molecule has 1 aromatic carbocycles. The number of aromatic nitrogens is 2. The monoisotopic (exact) mass is 483 g/mol. The van der Waals surface area contributed by atoms with Crippen LogP contribution < -0.4 is 15.0 Å². The van der Waals surface area contributed by atoms with Gasteiger partial charge in [0.05, 0.1) is 30.9 Å². The van der Waals surface area contributed by atoms with E-state index in [2.05, 4.69) is 6.07 Å². The lowest BCUT2D eigenvalue weighted by atomic mass is 10.1. The minimum atomic E-state index is -0.316. The fourth-order valence-corrected chi connectivity index (χ4v) is 5.99. The maximum atomic E-state index is 13.6. The van der Waals surface area contributed by atoms with Crippen LogP contribution in [0.2, 0.25) is 0 Å². The summed E-state index contributed by atoms with van der Waals surface area (Å²) in [5.74, 6) is 1.31. The Morgan fingerprint density at radius 3 is 2.72 bits per heavy atom. The van der Waals surface area contributed by atoms with Gasteiger partial charge < -0.3 is 9.47 Å². The van der Waals surface area contributed by atoms with E-state index in [1.807, 2.05) is 48.0 Å². The maximum Gasteiger partial charge on any atom is 0.263 e. The predicted octanol–water partition coefficient (Wildman–Crippen LogP) is 5.45. The molecule has 32 heavy (non-hydrogen) atoms. The summed E-state index contributed by atoms with van der Waals surface area (Å²) in [7, 11) is 3.20. The molecule has 4 rings (SSSR count). The van der Waals surface area contributed by atoms with E-state index in [1.165, 1.54) is 23.1 Å². The normalized spacial score (nSPS) is 11.9. The lowest BCUT2D eigenvalue weighted by Gasteiger charge is -2.14. The van der Waals surface area contributed by atoms with Crippen LogP contribution in [0.15, 0.2) is 51.0 Å². The van der Waals surface area contributed by atoms with E-state index < -0.39 is 0 Å². The van der Waals surface area contributed by atoms with E-state index in [4.69, 9.17) is 14.5 Å². The number of nitriles is 1. The first-order valence-electron chi connectivity index (χ1n) is 9.88. The number of nitrogens with zero attached hydrogens (tertiary/aromatic N) is 3. The van der Waals surface area contributed by atoms with Crippen molar-refractivity contribution in [2.24, 2.45) is 0 Å². The molecule has 4 aromatic rings. The molecule has 0 radical (unpaired) electrons. The summed E-state index contributed by atoms with van der Waals surface area (Å²) in [5.41, 5.74) is 1.86. The first-order chi connectivity index (χ1) is 15.5. The molecule has 9 heteroatoms. The van der Waals surface area contributed by atoms with Crippen molar-refractivity contribution in [3.05, 3.63) is 57.0 Å². The minimum absolute atomic E-state index is 0.0761. The fourth-order valence-electron chi connectivity index (χ4n) is 3.37. The molecular formula is C23H21N3O3S3. The Morgan fingerprint density at radius 1 is 1.22 bits per heavy atom. The zero-order valence-electron chi connectivity index (χ0n) is 17.8. The molecule has 1 atom stereocenters. The van der Waals surface area contributed by atoms with Crippen LogP contribution in [0, 0.1) is 11.3 Å². The Labute approximate surface area is 198 Å². The number of benzene rings is 1. The second-order valence-corrected chi connectivity index (χ2v) is 10.1. The van der Waals surface area contributed by atoms with Crippen molar-refractivity contribution in [2.75, 3.05) is 14.2 Å². The molecule has 0 aliphatic rings. The number of thioether (sulfide) groups is 1. The quantitative estimate of drug-likeness (QED) is 0.245.